The second-order valence-electron chi connectivity index (χ2n) is 9.57. The molecule has 204 valence electrons. The van der Waals surface area contributed by atoms with Crippen molar-refractivity contribution in [2.75, 3.05) is 11.5 Å². The van der Waals surface area contributed by atoms with E-state index in [1.807, 2.05) is 0 Å². The molecule has 0 spiro atoms. The van der Waals surface area contributed by atoms with E-state index in [1.54, 1.807) is 12.1 Å². The average molecular weight is 580 g/mol. The number of hydrogen-bond acceptors (Lipinski definition) is 7. The summed E-state index contributed by atoms with van der Waals surface area (Å²) in [6, 6.07) is 16.3. The molecule has 1 aliphatic carbocycles. The first-order valence-electron chi connectivity index (χ1n) is 12.7. The second kappa shape index (κ2) is 11.6. The van der Waals surface area contributed by atoms with E-state index in [1.165, 1.54) is 54.6 Å². The zero-order chi connectivity index (χ0) is 28.4. The second-order valence-corrected chi connectivity index (χ2v) is 10.4. The van der Waals surface area contributed by atoms with Gasteiger partial charge in [-0.1, -0.05) is 48.2 Å². The lowest BCUT2D eigenvalue weighted by molar-refractivity contribution is -0.122. The van der Waals surface area contributed by atoms with Crippen LogP contribution in [-0.4, -0.2) is 36.1 Å². The summed E-state index contributed by atoms with van der Waals surface area (Å²) >= 11 is 11.8. The van der Waals surface area contributed by atoms with E-state index >= 15 is 0 Å². The van der Waals surface area contributed by atoms with E-state index in [0.717, 1.165) is 17.7 Å². The number of carbonyl (C=O) groups excluding carboxylic acids is 5. The average Bonchev–Trinajstić information content (AvgIpc) is 3.22. The number of Topliss-reactive ketones (excluding diaryl/α,β-unsaturated/α-hetero) is 1. The lowest BCUT2D eigenvalue weighted by Gasteiger charge is -2.19. The Morgan fingerprint density at radius 1 is 0.775 bits per heavy atom. The fraction of sp³-hybridized carbons (Fsp3) is 0.233. The van der Waals surface area contributed by atoms with Crippen LogP contribution in [0, 0.1) is 11.8 Å². The van der Waals surface area contributed by atoms with Gasteiger partial charge in [0.15, 0.2) is 12.4 Å². The zero-order valence-electron chi connectivity index (χ0n) is 21.1. The van der Waals surface area contributed by atoms with Crippen molar-refractivity contribution in [1.82, 2.24) is 0 Å². The molecular weight excluding hydrogens is 557 g/mol. The van der Waals surface area contributed by atoms with Crippen molar-refractivity contribution < 1.29 is 33.4 Å². The molecule has 2 unspecified atom stereocenters. The minimum Gasteiger partial charge on any atom is -0.454 e. The number of benzene rings is 3. The molecule has 3 aromatic carbocycles. The topological polar surface area (TPSA) is 107 Å². The van der Waals surface area contributed by atoms with E-state index in [9.17, 15) is 24.0 Å². The van der Waals surface area contributed by atoms with Crippen molar-refractivity contribution in [2.45, 2.75) is 25.7 Å². The zero-order valence-corrected chi connectivity index (χ0v) is 22.6. The molecule has 2 aliphatic rings. The van der Waals surface area contributed by atoms with Gasteiger partial charge in [-0.2, -0.15) is 0 Å². The number of imide groups is 1. The summed E-state index contributed by atoms with van der Waals surface area (Å²) in [5.41, 5.74) is 0.625. The van der Waals surface area contributed by atoms with E-state index < -0.39 is 24.3 Å². The molecule has 0 radical (unpaired) electrons. The van der Waals surface area contributed by atoms with Crippen LogP contribution in [0.4, 0.5) is 5.69 Å². The lowest BCUT2D eigenvalue weighted by Crippen LogP contribution is -2.32. The third-order valence-electron chi connectivity index (χ3n) is 7.08. The highest BCUT2D eigenvalue weighted by molar-refractivity contribution is 6.42. The number of ether oxygens (including phenoxy) is 2. The van der Waals surface area contributed by atoms with Crippen LogP contribution in [0.1, 0.15) is 56.8 Å². The van der Waals surface area contributed by atoms with Gasteiger partial charge < -0.3 is 9.47 Å². The molecule has 1 saturated heterocycles. The van der Waals surface area contributed by atoms with Crippen LogP contribution in [0.2, 0.25) is 10.0 Å². The summed E-state index contributed by atoms with van der Waals surface area (Å²) in [5.74, 6) is -3.11. The standard InChI is InChI=1S/C30H23Cl2NO7/c31-23-14-11-18(15-24(23)32)29(37)40-19-12-9-17(10-13-19)26(34)16-39-30(38)22-7-3-4-8-25(22)33-27(35)20-5-1-2-6-21(20)28(33)36/h3-4,7-15,20-21H,1-2,5-6,16H2. The Bertz CT molecular complexity index is 1490. The normalized spacial score (nSPS) is 18.3. The van der Waals surface area contributed by atoms with Crippen LogP contribution in [0.5, 0.6) is 5.75 Å². The van der Waals surface area contributed by atoms with Crippen LogP contribution < -0.4 is 9.64 Å². The van der Waals surface area contributed by atoms with Crippen LogP contribution in [0.3, 0.4) is 0 Å². The molecule has 8 nitrogen and oxygen atoms in total. The predicted octanol–water partition coefficient (Wildman–Crippen LogP) is 5.93. The number of para-hydroxylation sites is 1. The lowest BCUT2D eigenvalue weighted by atomic mass is 9.81. The third kappa shape index (κ3) is 5.50. The molecule has 2 atom stereocenters. The molecule has 1 saturated carbocycles. The fourth-order valence-corrected chi connectivity index (χ4v) is 5.33. The van der Waals surface area contributed by atoms with Gasteiger partial charge in [-0.15, -0.1) is 0 Å². The number of nitrogens with zero attached hydrogens (tertiary/aromatic N) is 1. The van der Waals surface area contributed by atoms with Crippen molar-refractivity contribution in [1.29, 1.82) is 0 Å². The molecule has 0 bridgehead atoms. The van der Waals surface area contributed by atoms with Gasteiger partial charge in [-0.3, -0.25) is 14.4 Å². The molecule has 1 aliphatic heterocycles. The number of ketones is 1. The van der Waals surface area contributed by atoms with Gasteiger partial charge in [0, 0.05) is 5.56 Å². The Hall–Kier alpha value is -4.01. The summed E-state index contributed by atoms with van der Waals surface area (Å²) in [7, 11) is 0. The van der Waals surface area contributed by atoms with Gasteiger partial charge in [0.25, 0.3) is 0 Å². The molecular formula is C30H23Cl2NO7. The van der Waals surface area contributed by atoms with Crippen molar-refractivity contribution in [3.05, 3.63) is 93.5 Å². The largest absolute Gasteiger partial charge is 0.454 e. The molecule has 0 N–H and O–H groups in total. The molecule has 2 fully saturated rings. The van der Waals surface area contributed by atoms with Crippen LogP contribution in [0.15, 0.2) is 66.7 Å². The minimum atomic E-state index is -0.827. The minimum absolute atomic E-state index is 0.0280. The molecule has 2 amide bonds. The molecule has 0 aromatic heterocycles. The maximum atomic E-state index is 13.0. The summed E-state index contributed by atoms with van der Waals surface area (Å²) in [4.78, 5) is 65.2. The van der Waals surface area contributed by atoms with E-state index in [0.29, 0.717) is 17.9 Å². The Labute approximate surface area is 239 Å². The summed E-state index contributed by atoms with van der Waals surface area (Å²) in [6.07, 6.45) is 3.08. The van der Waals surface area contributed by atoms with Gasteiger partial charge >= 0.3 is 11.9 Å². The van der Waals surface area contributed by atoms with Crippen molar-refractivity contribution >= 4 is 58.4 Å². The Morgan fingerprint density at radius 3 is 2.05 bits per heavy atom. The van der Waals surface area contributed by atoms with Gasteiger partial charge in [-0.05, 0) is 67.4 Å². The predicted molar refractivity (Wildman–Crippen MR) is 147 cm³/mol. The molecule has 40 heavy (non-hydrogen) atoms. The van der Waals surface area contributed by atoms with E-state index in [2.05, 4.69) is 0 Å². The number of anilines is 1. The van der Waals surface area contributed by atoms with Gasteiger partial charge in [0.2, 0.25) is 11.8 Å². The highest BCUT2D eigenvalue weighted by Gasteiger charge is 2.49. The van der Waals surface area contributed by atoms with Crippen molar-refractivity contribution in [2.24, 2.45) is 11.8 Å². The summed E-state index contributed by atoms with van der Waals surface area (Å²) in [6.45, 7) is -0.567. The molecule has 5 rings (SSSR count). The SMILES string of the molecule is O=C(COC(=O)c1ccccc1N1C(=O)C2CCCCC2C1=O)c1ccc(OC(=O)c2ccc(Cl)c(Cl)c2)cc1. The van der Waals surface area contributed by atoms with Crippen molar-refractivity contribution in [3.63, 3.8) is 0 Å². The van der Waals surface area contributed by atoms with E-state index in [4.69, 9.17) is 32.7 Å². The maximum Gasteiger partial charge on any atom is 0.343 e. The molecule has 10 heteroatoms. The number of hydrogen-bond donors (Lipinski definition) is 0. The van der Waals surface area contributed by atoms with Gasteiger partial charge in [0.1, 0.15) is 5.75 Å². The molecule has 3 aromatic rings. The van der Waals surface area contributed by atoms with Crippen LogP contribution in [-0.2, 0) is 14.3 Å². The number of fused-ring (bicyclic) bond motifs is 1. The van der Waals surface area contributed by atoms with E-state index in [-0.39, 0.29) is 56.8 Å². The van der Waals surface area contributed by atoms with Crippen LogP contribution in [0.25, 0.3) is 0 Å². The Morgan fingerprint density at radius 2 is 1.40 bits per heavy atom. The van der Waals surface area contributed by atoms with Crippen molar-refractivity contribution in [3.8, 4) is 5.75 Å². The third-order valence-corrected chi connectivity index (χ3v) is 7.82. The first kappa shape index (κ1) is 27.6. The first-order valence-corrected chi connectivity index (χ1v) is 13.4. The number of halogens is 2. The number of carbonyl (C=O) groups is 5. The quantitative estimate of drug-likeness (QED) is 0.148. The Kier molecular flexibility index (Phi) is 8.00. The highest BCUT2D eigenvalue weighted by atomic mass is 35.5. The first-order chi connectivity index (χ1) is 19.2. The smallest absolute Gasteiger partial charge is 0.343 e. The fourth-order valence-electron chi connectivity index (χ4n) is 5.03. The Balaban J connectivity index is 1.22. The summed E-state index contributed by atoms with van der Waals surface area (Å²) < 4.78 is 10.6. The van der Waals surface area contributed by atoms with Gasteiger partial charge in [-0.25, -0.2) is 14.5 Å². The number of amides is 2. The monoisotopic (exact) mass is 579 g/mol. The summed E-state index contributed by atoms with van der Waals surface area (Å²) in [5, 5.41) is 0.520. The maximum absolute atomic E-state index is 13.0. The number of esters is 2. The number of rotatable bonds is 7. The van der Waals surface area contributed by atoms with Gasteiger partial charge in [0.05, 0.1) is 38.7 Å². The molecule has 1 heterocycles. The highest BCUT2D eigenvalue weighted by Crippen LogP contribution is 2.41. The van der Waals surface area contributed by atoms with Crippen LogP contribution >= 0.6 is 23.2 Å².